The highest BCUT2D eigenvalue weighted by Crippen LogP contribution is 2.42. The Balaban J connectivity index is 1.69. The maximum Gasteiger partial charge on any atom is 0.217 e. The van der Waals surface area contributed by atoms with Crippen molar-refractivity contribution in [1.82, 2.24) is 9.97 Å². The van der Waals surface area contributed by atoms with E-state index in [4.69, 9.17) is 16.0 Å². The molecular weight excluding hydrogens is 408 g/mol. The quantitative estimate of drug-likeness (QED) is 0.343. The van der Waals surface area contributed by atoms with Crippen molar-refractivity contribution in [3.8, 4) is 28.5 Å². The zero-order valence-corrected chi connectivity index (χ0v) is 17.0. The smallest absolute Gasteiger partial charge is 0.217 e. The molecule has 0 unspecified atom stereocenters. The van der Waals surface area contributed by atoms with Crippen LogP contribution in [0.25, 0.3) is 33.5 Å². The van der Waals surface area contributed by atoms with Crippen molar-refractivity contribution in [3.63, 3.8) is 0 Å². The summed E-state index contributed by atoms with van der Waals surface area (Å²) in [6.07, 6.45) is 0. The van der Waals surface area contributed by atoms with Gasteiger partial charge >= 0.3 is 0 Å². The predicted octanol–water partition coefficient (Wildman–Crippen LogP) is 6.83. The zero-order valence-electron chi connectivity index (χ0n) is 16.2. The van der Waals surface area contributed by atoms with Gasteiger partial charge in [-0.1, -0.05) is 84.4 Å². The first-order chi connectivity index (χ1) is 15.2. The van der Waals surface area contributed by atoms with Gasteiger partial charge in [-0.05, 0) is 17.7 Å². The molecule has 5 nitrogen and oxygen atoms in total. The fourth-order valence-electron chi connectivity index (χ4n) is 3.46. The molecule has 2 aromatic heterocycles. The molecule has 0 amide bonds. The van der Waals surface area contributed by atoms with E-state index in [0.717, 1.165) is 11.1 Å². The molecule has 0 fully saturated rings. The Labute approximate surface area is 183 Å². The lowest BCUT2D eigenvalue weighted by Gasteiger charge is -2.06. The van der Waals surface area contributed by atoms with Gasteiger partial charge in [0, 0.05) is 11.1 Å². The molecule has 0 aliphatic heterocycles. The molecule has 5 aromatic rings. The van der Waals surface area contributed by atoms with Gasteiger partial charge in [0.2, 0.25) is 5.88 Å². The minimum atomic E-state index is 0.196. The maximum atomic E-state index is 10.0. The molecule has 3 aromatic carbocycles. The average Bonchev–Trinajstić information content (AvgIpc) is 3.19. The SMILES string of the molecule is N#Cc1c(Nc2nc3ccccc3nc2Cl)oc(-c2ccccc2)c1-c1ccccc1. The van der Waals surface area contributed by atoms with Crippen LogP contribution in [-0.4, -0.2) is 9.97 Å². The first kappa shape index (κ1) is 18.9. The Bertz CT molecular complexity index is 1420. The second-order valence-corrected chi connectivity index (χ2v) is 7.19. The molecule has 5 rings (SSSR count). The summed E-state index contributed by atoms with van der Waals surface area (Å²) < 4.78 is 6.19. The van der Waals surface area contributed by atoms with Crippen LogP contribution in [0, 0.1) is 11.3 Å². The van der Waals surface area contributed by atoms with Crippen LogP contribution in [0.3, 0.4) is 0 Å². The van der Waals surface area contributed by atoms with Gasteiger partial charge in [0.1, 0.15) is 17.4 Å². The molecule has 1 N–H and O–H groups in total. The predicted molar refractivity (Wildman–Crippen MR) is 122 cm³/mol. The van der Waals surface area contributed by atoms with Gasteiger partial charge in [-0.2, -0.15) is 5.26 Å². The number of furan rings is 1. The number of halogens is 1. The second kappa shape index (κ2) is 7.94. The molecule has 0 radical (unpaired) electrons. The first-order valence-electron chi connectivity index (χ1n) is 9.61. The number of hydrogen-bond donors (Lipinski definition) is 1. The van der Waals surface area contributed by atoms with E-state index in [1.165, 1.54) is 0 Å². The lowest BCUT2D eigenvalue weighted by molar-refractivity contribution is 0.600. The van der Waals surface area contributed by atoms with E-state index < -0.39 is 0 Å². The van der Waals surface area contributed by atoms with E-state index in [2.05, 4.69) is 21.4 Å². The number of nitrogens with zero attached hydrogens (tertiary/aromatic N) is 3. The molecule has 6 heteroatoms. The molecular formula is C25H15ClN4O. The second-order valence-electron chi connectivity index (χ2n) is 6.83. The van der Waals surface area contributed by atoms with Gasteiger partial charge in [-0.25, -0.2) is 9.97 Å². The zero-order chi connectivity index (χ0) is 21.2. The molecule has 0 aliphatic rings. The van der Waals surface area contributed by atoms with Crippen LogP contribution < -0.4 is 5.32 Å². The van der Waals surface area contributed by atoms with Crippen LogP contribution in [0.1, 0.15) is 5.56 Å². The van der Waals surface area contributed by atoms with E-state index in [0.29, 0.717) is 33.7 Å². The number of nitriles is 1. The van der Waals surface area contributed by atoms with Crippen molar-refractivity contribution in [3.05, 3.63) is 95.6 Å². The largest absolute Gasteiger partial charge is 0.438 e. The molecule has 0 spiro atoms. The van der Waals surface area contributed by atoms with Crippen LogP contribution in [0.5, 0.6) is 0 Å². The topological polar surface area (TPSA) is 74.7 Å². The van der Waals surface area contributed by atoms with E-state index >= 15 is 0 Å². The van der Waals surface area contributed by atoms with Gasteiger partial charge in [0.25, 0.3) is 0 Å². The summed E-state index contributed by atoms with van der Waals surface area (Å²) in [5, 5.41) is 13.3. The monoisotopic (exact) mass is 422 g/mol. The highest BCUT2D eigenvalue weighted by atomic mass is 35.5. The van der Waals surface area contributed by atoms with Crippen molar-refractivity contribution in [2.45, 2.75) is 0 Å². The van der Waals surface area contributed by atoms with Crippen LogP contribution >= 0.6 is 11.6 Å². The number of rotatable bonds is 4. The number of hydrogen-bond acceptors (Lipinski definition) is 5. The van der Waals surface area contributed by atoms with Crippen molar-refractivity contribution < 1.29 is 4.42 Å². The summed E-state index contributed by atoms with van der Waals surface area (Å²) in [5.74, 6) is 1.19. The maximum absolute atomic E-state index is 10.0. The number of fused-ring (bicyclic) bond motifs is 1. The molecule has 0 aliphatic carbocycles. The number of nitrogens with one attached hydrogen (secondary N) is 1. The summed E-state index contributed by atoms with van der Waals surface area (Å²) >= 11 is 6.37. The van der Waals surface area contributed by atoms with Gasteiger partial charge in [-0.15, -0.1) is 0 Å². The van der Waals surface area contributed by atoms with Gasteiger partial charge in [0.05, 0.1) is 11.0 Å². The summed E-state index contributed by atoms with van der Waals surface area (Å²) in [6.45, 7) is 0. The molecule has 0 atom stereocenters. The average molecular weight is 423 g/mol. The highest BCUT2D eigenvalue weighted by molar-refractivity contribution is 6.32. The summed E-state index contributed by atoms with van der Waals surface area (Å²) in [4.78, 5) is 8.94. The number of benzene rings is 3. The Hall–Kier alpha value is -4.14. The Morgan fingerprint density at radius 3 is 2.00 bits per heavy atom. The van der Waals surface area contributed by atoms with E-state index in [-0.39, 0.29) is 11.0 Å². The fraction of sp³-hybridized carbons (Fsp3) is 0. The van der Waals surface area contributed by atoms with Crippen molar-refractivity contribution in [1.29, 1.82) is 5.26 Å². The van der Waals surface area contributed by atoms with Gasteiger partial charge < -0.3 is 9.73 Å². The molecule has 148 valence electrons. The van der Waals surface area contributed by atoms with E-state index in [9.17, 15) is 5.26 Å². The van der Waals surface area contributed by atoms with Crippen molar-refractivity contribution >= 4 is 34.3 Å². The number of para-hydroxylation sites is 2. The number of aromatic nitrogens is 2. The number of anilines is 2. The van der Waals surface area contributed by atoms with Gasteiger partial charge in [0.15, 0.2) is 11.0 Å². The molecule has 31 heavy (non-hydrogen) atoms. The minimum Gasteiger partial charge on any atom is -0.438 e. The van der Waals surface area contributed by atoms with Crippen LogP contribution in [0.2, 0.25) is 5.15 Å². The molecule has 0 saturated carbocycles. The Kier molecular flexibility index (Phi) is 4.83. The van der Waals surface area contributed by atoms with Crippen LogP contribution in [-0.2, 0) is 0 Å². The third kappa shape index (κ3) is 3.50. The van der Waals surface area contributed by atoms with Crippen molar-refractivity contribution in [2.24, 2.45) is 0 Å². The summed E-state index contributed by atoms with van der Waals surface area (Å²) in [6, 6.07) is 29.1. The summed E-state index contributed by atoms with van der Waals surface area (Å²) in [7, 11) is 0. The van der Waals surface area contributed by atoms with Gasteiger partial charge in [-0.3, -0.25) is 0 Å². The third-order valence-corrected chi connectivity index (χ3v) is 5.14. The highest BCUT2D eigenvalue weighted by Gasteiger charge is 2.24. The summed E-state index contributed by atoms with van der Waals surface area (Å²) in [5.41, 5.74) is 4.20. The van der Waals surface area contributed by atoms with Crippen molar-refractivity contribution in [2.75, 3.05) is 5.32 Å². The molecule has 2 heterocycles. The Morgan fingerprint density at radius 1 is 0.774 bits per heavy atom. The minimum absolute atomic E-state index is 0.196. The Morgan fingerprint density at radius 2 is 1.35 bits per heavy atom. The normalized spacial score (nSPS) is 10.7. The molecule has 0 saturated heterocycles. The van der Waals surface area contributed by atoms with Crippen LogP contribution in [0.4, 0.5) is 11.7 Å². The lowest BCUT2D eigenvalue weighted by Crippen LogP contribution is -1.98. The van der Waals surface area contributed by atoms with E-state index in [1.54, 1.807) is 0 Å². The third-order valence-electron chi connectivity index (χ3n) is 4.88. The van der Waals surface area contributed by atoms with E-state index in [1.807, 2.05) is 84.9 Å². The fourth-order valence-corrected chi connectivity index (χ4v) is 3.65. The lowest BCUT2D eigenvalue weighted by atomic mass is 9.98. The standard InChI is InChI=1S/C25H15ClN4O/c26-23-24(29-20-14-8-7-13-19(20)28-23)30-25-18(15-27)21(16-9-3-1-4-10-16)22(31-25)17-11-5-2-6-12-17/h1-14H,(H,29,30). The first-order valence-corrected chi connectivity index (χ1v) is 9.99. The van der Waals surface area contributed by atoms with Crippen LogP contribution in [0.15, 0.2) is 89.3 Å². The molecule has 0 bridgehead atoms.